The first-order valence-electron chi connectivity index (χ1n) is 5.14. The van der Waals surface area contributed by atoms with Crippen molar-refractivity contribution in [3.05, 3.63) is 28.2 Å². The molecule has 1 aromatic rings. The maximum atomic E-state index is 11.6. The SMILES string of the molecule is CCCOc1ccc(Br)cc1C(=O)CC. The molecule has 15 heavy (non-hydrogen) atoms. The summed E-state index contributed by atoms with van der Waals surface area (Å²) in [5.41, 5.74) is 0.667. The monoisotopic (exact) mass is 270 g/mol. The highest BCUT2D eigenvalue weighted by Crippen LogP contribution is 2.24. The molecule has 0 saturated carbocycles. The molecule has 0 aliphatic heterocycles. The van der Waals surface area contributed by atoms with Crippen molar-refractivity contribution in [3.8, 4) is 5.75 Å². The number of Topliss-reactive ketones (excluding diaryl/α,β-unsaturated/α-hetero) is 1. The predicted molar refractivity (Wildman–Crippen MR) is 64.5 cm³/mol. The molecular weight excluding hydrogens is 256 g/mol. The van der Waals surface area contributed by atoms with Crippen molar-refractivity contribution >= 4 is 21.7 Å². The highest BCUT2D eigenvalue weighted by molar-refractivity contribution is 9.10. The van der Waals surface area contributed by atoms with E-state index < -0.39 is 0 Å². The van der Waals surface area contributed by atoms with E-state index in [4.69, 9.17) is 4.74 Å². The van der Waals surface area contributed by atoms with Crippen LogP contribution in [0.5, 0.6) is 5.75 Å². The molecule has 0 radical (unpaired) electrons. The van der Waals surface area contributed by atoms with Crippen LogP contribution in [0.2, 0.25) is 0 Å². The van der Waals surface area contributed by atoms with Crippen LogP contribution in [0, 0.1) is 0 Å². The minimum Gasteiger partial charge on any atom is -0.493 e. The molecule has 0 aromatic heterocycles. The molecule has 3 heteroatoms. The Bertz CT molecular complexity index is 347. The number of halogens is 1. The molecule has 0 fully saturated rings. The van der Waals surface area contributed by atoms with Gasteiger partial charge in [-0.05, 0) is 24.6 Å². The lowest BCUT2D eigenvalue weighted by molar-refractivity contribution is 0.0984. The highest BCUT2D eigenvalue weighted by Gasteiger charge is 2.10. The Labute approximate surface area is 98.8 Å². The van der Waals surface area contributed by atoms with Crippen LogP contribution in [0.4, 0.5) is 0 Å². The van der Waals surface area contributed by atoms with E-state index >= 15 is 0 Å². The molecule has 1 aromatic carbocycles. The fraction of sp³-hybridized carbons (Fsp3) is 0.417. The van der Waals surface area contributed by atoms with Gasteiger partial charge < -0.3 is 4.74 Å². The van der Waals surface area contributed by atoms with E-state index in [1.54, 1.807) is 0 Å². The number of rotatable bonds is 5. The van der Waals surface area contributed by atoms with Gasteiger partial charge in [-0.15, -0.1) is 0 Å². The van der Waals surface area contributed by atoms with Crippen molar-refractivity contribution in [2.75, 3.05) is 6.61 Å². The summed E-state index contributed by atoms with van der Waals surface area (Å²) in [5.74, 6) is 0.800. The van der Waals surface area contributed by atoms with Gasteiger partial charge >= 0.3 is 0 Å². The van der Waals surface area contributed by atoms with Gasteiger partial charge in [0.05, 0.1) is 12.2 Å². The van der Waals surface area contributed by atoms with Crippen molar-refractivity contribution in [1.82, 2.24) is 0 Å². The number of carbonyl (C=O) groups excluding carboxylic acids is 1. The van der Waals surface area contributed by atoms with E-state index in [2.05, 4.69) is 15.9 Å². The van der Waals surface area contributed by atoms with Crippen molar-refractivity contribution in [2.24, 2.45) is 0 Å². The van der Waals surface area contributed by atoms with Gasteiger partial charge in [-0.25, -0.2) is 0 Å². The normalized spacial score (nSPS) is 10.1. The smallest absolute Gasteiger partial charge is 0.166 e. The van der Waals surface area contributed by atoms with E-state index in [-0.39, 0.29) is 5.78 Å². The van der Waals surface area contributed by atoms with E-state index in [9.17, 15) is 4.79 Å². The summed E-state index contributed by atoms with van der Waals surface area (Å²) < 4.78 is 6.43. The minimum atomic E-state index is 0.113. The van der Waals surface area contributed by atoms with Gasteiger partial charge in [0.1, 0.15) is 5.75 Å². The summed E-state index contributed by atoms with van der Waals surface area (Å²) in [7, 11) is 0. The van der Waals surface area contributed by atoms with Gasteiger partial charge in [0.15, 0.2) is 5.78 Å². The summed E-state index contributed by atoms with van der Waals surface area (Å²) >= 11 is 3.35. The summed E-state index contributed by atoms with van der Waals surface area (Å²) in [4.78, 5) is 11.6. The summed E-state index contributed by atoms with van der Waals surface area (Å²) in [5, 5.41) is 0. The Hall–Kier alpha value is -0.830. The number of hydrogen-bond acceptors (Lipinski definition) is 2. The minimum absolute atomic E-state index is 0.113. The maximum Gasteiger partial charge on any atom is 0.166 e. The van der Waals surface area contributed by atoms with Crippen LogP contribution in [0.25, 0.3) is 0 Å². The highest BCUT2D eigenvalue weighted by atomic mass is 79.9. The molecule has 0 aliphatic carbocycles. The lowest BCUT2D eigenvalue weighted by Crippen LogP contribution is -2.03. The molecule has 82 valence electrons. The van der Waals surface area contributed by atoms with Crippen molar-refractivity contribution < 1.29 is 9.53 Å². The fourth-order valence-corrected chi connectivity index (χ4v) is 1.61. The van der Waals surface area contributed by atoms with Crippen molar-refractivity contribution in [1.29, 1.82) is 0 Å². The summed E-state index contributed by atoms with van der Waals surface area (Å²) in [6.07, 6.45) is 1.44. The second-order valence-electron chi connectivity index (χ2n) is 3.27. The Morgan fingerprint density at radius 1 is 1.40 bits per heavy atom. The standard InChI is InChI=1S/C12H15BrO2/c1-3-7-15-12-6-5-9(13)8-10(12)11(14)4-2/h5-6,8H,3-4,7H2,1-2H3. The Balaban J connectivity index is 2.97. The largest absolute Gasteiger partial charge is 0.493 e. The van der Waals surface area contributed by atoms with Crippen LogP contribution in [0.15, 0.2) is 22.7 Å². The molecule has 1 rings (SSSR count). The third-order valence-corrected chi connectivity index (χ3v) is 2.52. The van der Waals surface area contributed by atoms with E-state index in [1.165, 1.54) is 0 Å². The summed E-state index contributed by atoms with van der Waals surface area (Å²) in [6, 6.07) is 5.54. The zero-order valence-corrected chi connectivity index (χ0v) is 10.6. The molecule has 0 atom stereocenters. The van der Waals surface area contributed by atoms with E-state index in [0.29, 0.717) is 24.3 Å². The molecule has 0 spiro atoms. The van der Waals surface area contributed by atoms with Gasteiger partial charge in [-0.2, -0.15) is 0 Å². The van der Waals surface area contributed by atoms with Crippen LogP contribution in [-0.4, -0.2) is 12.4 Å². The third-order valence-electron chi connectivity index (χ3n) is 2.02. The average Bonchev–Trinajstić information content (AvgIpc) is 2.26. The van der Waals surface area contributed by atoms with Gasteiger partial charge in [0.2, 0.25) is 0 Å². The zero-order chi connectivity index (χ0) is 11.3. The topological polar surface area (TPSA) is 26.3 Å². The molecule has 2 nitrogen and oxygen atoms in total. The number of ketones is 1. The Morgan fingerprint density at radius 3 is 2.73 bits per heavy atom. The van der Waals surface area contributed by atoms with Crippen LogP contribution in [0.1, 0.15) is 37.0 Å². The number of hydrogen-bond donors (Lipinski definition) is 0. The van der Waals surface area contributed by atoms with Crippen LogP contribution < -0.4 is 4.74 Å². The number of benzene rings is 1. The Morgan fingerprint density at radius 2 is 2.13 bits per heavy atom. The molecule has 0 amide bonds. The molecule has 0 saturated heterocycles. The molecule has 0 heterocycles. The predicted octanol–water partition coefficient (Wildman–Crippen LogP) is 3.83. The first kappa shape index (κ1) is 12.2. The molecule has 0 bridgehead atoms. The molecular formula is C12H15BrO2. The summed E-state index contributed by atoms with van der Waals surface area (Å²) in [6.45, 7) is 4.54. The van der Waals surface area contributed by atoms with Crippen LogP contribution in [-0.2, 0) is 0 Å². The second-order valence-corrected chi connectivity index (χ2v) is 4.18. The quantitative estimate of drug-likeness (QED) is 0.761. The van der Waals surface area contributed by atoms with Gasteiger partial charge in [-0.1, -0.05) is 29.8 Å². The first-order valence-corrected chi connectivity index (χ1v) is 5.93. The van der Waals surface area contributed by atoms with Gasteiger partial charge in [-0.3, -0.25) is 4.79 Å². The Kier molecular flexibility index (Phi) is 4.82. The zero-order valence-electron chi connectivity index (χ0n) is 9.05. The van der Waals surface area contributed by atoms with Gasteiger partial charge in [0, 0.05) is 10.9 Å². The molecule has 0 N–H and O–H groups in total. The lowest BCUT2D eigenvalue weighted by Gasteiger charge is -2.09. The average molecular weight is 271 g/mol. The fourth-order valence-electron chi connectivity index (χ4n) is 1.25. The maximum absolute atomic E-state index is 11.6. The van der Waals surface area contributed by atoms with Gasteiger partial charge in [0.25, 0.3) is 0 Å². The van der Waals surface area contributed by atoms with E-state index in [1.807, 2.05) is 32.0 Å². The number of carbonyl (C=O) groups is 1. The third kappa shape index (κ3) is 3.34. The number of ether oxygens (including phenoxy) is 1. The van der Waals surface area contributed by atoms with E-state index in [0.717, 1.165) is 10.9 Å². The lowest BCUT2D eigenvalue weighted by atomic mass is 10.1. The molecule has 0 aliphatic rings. The van der Waals surface area contributed by atoms with Crippen molar-refractivity contribution in [2.45, 2.75) is 26.7 Å². The molecule has 0 unspecified atom stereocenters. The second kappa shape index (κ2) is 5.91. The first-order chi connectivity index (χ1) is 7.19. The van der Waals surface area contributed by atoms with Crippen LogP contribution in [0.3, 0.4) is 0 Å². The van der Waals surface area contributed by atoms with Crippen LogP contribution >= 0.6 is 15.9 Å². The van der Waals surface area contributed by atoms with Crippen molar-refractivity contribution in [3.63, 3.8) is 0 Å².